The summed E-state index contributed by atoms with van der Waals surface area (Å²) in [5.41, 5.74) is -2.84. The van der Waals surface area contributed by atoms with Crippen LogP contribution in [0.3, 0.4) is 0 Å². The van der Waals surface area contributed by atoms with Gasteiger partial charge in [-0.15, -0.1) is 0 Å². The monoisotopic (exact) mass is 293 g/mol. The number of ketones is 1. The first-order valence-electron chi connectivity index (χ1n) is 7.74. The van der Waals surface area contributed by atoms with Gasteiger partial charge in [0.1, 0.15) is 11.0 Å². The van der Waals surface area contributed by atoms with Crippen LogP contribution in [0, 0.1) is 5.41 Å². The lowest BCUT2D eigenvalue weighted by Gasteiger charge is -2.38. The number of hydrogen-bond donors (Lipinski definition) is 1. The standard InChI is InChI=1S/C16H23NO4/c1-14(20)8-10-16(11-9-14)12(18)15(6-4-3-5-7-15)13(19)17(16)21-2/h8,10,20H,3-7,9,11H2,1-2H3/t14-,16-/m0/s1. The van der Waals surface area contributed by atoms with Crippen LogP contribution >= 0.6 is 0 Å². The first-order valence-corrected chi connectivity index (χ1v) is 7.74. The molecular formula is C16H23NO4. The van der Waals surface area contributed by atoms with Crippen LogP contribution in [-0.4, -0.2) is 40.1 Å². The van der Waals surface area contributed by atoms with Crippen LogP contribution in [0.25, 0.3) is 0 Å². The van der Waals surface area contributed by atoms with Crippen LogP contribution in [0.15, 0.2) is 12.2 Å². The normalized spacial score (nSPS) is 38.7. The minimum absolute atomic E-state index is 0.0340. The summed E-state index contributed by atoms with van der Waals surface area (Å²) in [6.45, 7) is 1.71. The molecule has 116 valence electrons. The zero-order valence-corrected chi connectivity index (χ0v) is 12.7. The number of hydroxylamine groups is 2. The van der Waals surface area contributed by atoms with Gasteiger partial charge in [0.25, 0.3) is 5.91 Å². The van der Waals surface area contributed by atoms with Crippen molar-refractivity contribution < 1.29 is 19.5 Å². The Morgan fingerprint density at radius 1 is 1.10 bits per heavy atom. The predicted octanol–water partition coefficient (Wildman–Crippen LogP) is 1.75. The third kappa shape index (κ3) is 1.90. The summed E-state index contributed by atoms with van der Waals surface area (Å²) >= 11 is 0. The van der Waals surface area contributed by atoms with Gasteiger partial charge < -0.3 is 5.11 Å². The van der Waals surface area contributed by atoms with Crippen molar-refractivity contribution in [3.05, 3.63) is 12.2 Å². The van der Waals surface area contributed by atoms with Crippen LogP contribution in [0.4, 0.5) is 0 Å². The van der Waals surface area contributed by atoms with Gasteiger partial charge in [0, 0.05) is 0 Å². The predicted molar refractivity (Wildman–Crippen MR) is 76.1 cm³/mol. The van der Waals surface area contributed by atoms with Gasteiger partial charge in [-0.2, -0.15) is 0 Å². The van der Waals surface area contributed by atoms with Crippen molar-refractivity contribution in [3.63, 3.8) is 0 Å². The molecule has 2 fully saturated rings. The Morgan fingerprint density at radius 2 is 1.76 bits per heavy atom. The van der Waals surface area contributed by atoms with Crippen molar-refractivity contribution in [1.29, 1.82) is 0 Å². The van der Waals surface area contributed by atoms with Crippen molar-refractivity contribution in [2.24, 2.45) is 5.41 Å². The quantitative estimate of drug-likeness (QED) is 0.591. The van der Waals surface area contributed by atoms with Crippen molar-refractivity contribution in [2.75, 3.05) is 7.11 Å². The fourth-order valence-electron chi connectivity index (χ4n) is 4.11. The highest BCUT2D eigenvalue weighted by Gasteiger charge is 2.66. The molecule has 0 radical (unpaired) electrons. The second-order valence-electron chi connectivity index (χ2n) is 6.87. The SMILES string of the molecule is CON1C(=O)C2(CCCCC2)C(=O)[C@@]12C=C[C@](C)(O)CC2. The molecule has 1 saturated carbocycles. The molecule has 1 amide bonds. The molecule has 5 nitrogen and oxygen atoms in total. The Bertz CT molecular complexity index is 504. The lowest BCUT2D eigenvalue weighted by Crippen LogP contribution is -2.51. The number of Topliss-reactive ketones (excluding diaryl/α,β-unsaturated/α-hetero) is 1. The Kier molecular flexibility index (Phi) is 3.26. The topological polar surface area (TPSA) is 66.8 Å². The molecule has 0 aromatic heterocycles. The summed E-state index contributed by atoms with van der Waals surface area (Å²) < 4.78 is 0. The van der Waals surface area contributed by atoms with Crippen LogP contribution in [0.1, 0.15) is 51.9 Å². The molecule has 0 unspecified atom stereocenters. The van der Waals surface area contributed by atoms with E-state index in [1.165, 1.54) is 12.2 Å². The van der Waals surface area contributed by atoms with Crippen LogP contribution in [0.2, 0.25) is 0 Å². The maximum absolute atomic E-state index is 13.2. The molecule has 2 atom stereocenters. The summed E-state index contributed by atoms with van der Waals surface area (Å²) in [5, 5.41) is 11.4. The molecule has 21 heavy (non-hydrogen) atoms. The maximum atomic E-state index is 13.2. The van der Waals surface area contributed by atoms with Crippen molar-refractivity contribution in [2.45, 2.75) is 63.0 Å². The van der Waals surface area contributed by atoms with E-state index in [2.05, 4.69) is 0 Å². The molecule has 0 bridgehead atoms. The molecule has 1 saturated heterocycles. The van der Waals surface area contributed by atoms with E-state index in [1.54, 1.807) is 19.1 Å². The Balaban J connectivity index is 2.05. The van der Waals surface area contributed by atoms with E-state index in [9.17, 15) is 14.7 Å². The minimum atomic E-state index is -1.02. The van der Waals surface area contributed by atoms with Gasteiger partial charge in [0.05, 0.1) is 12.7 Å². The number of rotatable bonds is 1. The largest absolute Gasteiger partial charge is 0.386 e. The van der Waals surface area contributed by atoms with E-state index >= 15 is 0 Å². The third-order valence-electron chi connectivity index (χ3n) is 5.40. The highest BCUT2D eigenvalue weighted by molar-refractivity contribution is 6.17. The summed E-state index contributed by atoms with van der Waals surface area (Å²) in [5.74, 6) is -0.228. The Morgan fingerprint density at radius 3 is 2.29 bits per heavy atom. The number of amides is 1. The Labute approximate surface area is 124 Å². The molecule has 1 heterocycles. The summed E-state index contributed by atoms with van der Waals surface area (Å²) in [6.07, 6.45) is 8.31. The van der Waals surface area contributed by atoms with Gasteiger partial charge in [0.15, 0.2) is 5.78 Å². The smallest absolute Gasteiger partial charge is 0.261 e. The van der Waals surface area contributed by atoms with E-state index in [-0.39, 0.29) is 11.7 Å². The second-order valence-corrected chi connectivity index (χ2v) is 6.87. The molecule has 2 spiro atoms. The molecule has 1 aliphatic heterocycles. The van der Waals surface area contributed by atoms with E-state index in [4.69, 9.17) is 4.84 Å². The summed E-state index contributed by atoms with van der Waals surface area (Å²) in [7, 11) is 1.44. The van der Waals surface area contributed by atoms with Gasteiger partial charge in [-0.25, -0.2) is 5.06 Å². The summed E-state index contributed by atoms with van der Waals surface area (Å²) in [4.78, 5) is 31.3. The number of hydrogen-bond acceptors (Lipinski definition) is 4. The van der Waals surface area contributed by atoms with Crippen LogP contribution < -0.4 is 0 Å². The van der Waals surface area contributed by atoms with Crippen molar-refractivity contribution in [3.8, 4) is 0 Å². The van der Waals surface area contributed by atoms with E-state index < -0.39 is 16.6 Å². The van der Waals surface area contributed by atoms with Crippen molar-refractivity contribution in [1.82, 2.24) is 5.06 Å². The van der Waals surface area contributed by atoms with Gasteiger partial charge in [-0.3, -0.25) is 14.4 Å². The van der Waals surface area contributed by atoms with Crippen LogP contribution in [0.5, 0.6) is 0 Å². The molecule has 0 aromatic rings. The van der Waals surface area contributed by atoms with E-state index in [1.807, 2.05) is 0 Å². The molecule has 3 aliphatic rings. The summed E-state index contributed by atoms with van der Waals surface area (Å²) in [6, 6.07) is 0. The van der Waals surface area contributed by atoms with E-state index in [0.717, 1.165) is 19.3 Å². The highest BCUT2D eigenvalue weighted by Crippen LogP contribution is 2.52. The average Bonchev–Trinajstić information content (AvgIpc) is 2.64. The lowest BCUT2D eigenvalue weighted by molar-refractivity contribution is -0.195. The molecule has 0 aromatic carbocycles. The average molecular weight is 293 g/mol. The first kappa shape index (κ1) is 14.7. The highest BCUT2D eigenvalue weighted by atomic mass is 16.7. The number of nitrogens with zero attached hydrogens (tertiary/aromatic N) is 1. The van der Waals surface area contributed by atoms with Gasteiger partial charge >= 0.3 is 0 Å². The maximum Gasteiger partial charge on any atom is 0.261 e. The molecule has 2 aliphatic carbocycles. The fraction of sp³-hybridized carbons (Fsp3) is 0.750. The zero-order chi connectivity index (χ0) is 15.3. The van der Waals surface area contributed by atoms with Gasteiger partial charge in [-0.05, 0) is 32.6 Å². The number of carbonyl (C=O) groups is 2. The number of aliphatic hydroxyl groups is 1. The zero-order valence-electron chi connectivity index (χ0n) is 12.7. The molecule has 1 N–H and O–H groups in total. The second kappa shape index (κ2) is 4.65. The minimum Gasteiger partial charge on any atom is -0.386 e. The Hall–Kier alpha value is -1.20. The lowest BCUT2D eigenvalue weighted by atomic mass is 9.67. The van der Waals surface area contributed by atoms with E-state index in [0.29, 0.717) is 25.7 Å². The van der Waals surface area contributed by atoms with Gasteiger partial charge in [0.2, 0.25) is 0 Å². The van der Waals surface area contributed by atoms with Crippen molar-refractivity contribution >= 4 is 11.7 Å². The van der Waals surface area contributed by atoms with Gasteiger partial charge in [-0.1, -0.05) is 31.4 Å². The van der Waals surface area contributed by atoms with Crippen LogP contribution in [-0.2, 0) is 14.4 Å². The third-order valence-corrected chi connectivity index (χ3v) is 5.40. The molecule has 3 rings (SSSR count). The number of carbonyl (C=O) groups excluding carboxylic acids is 2. The molecular weight excluding hydrogens is 270 g/mol. The molecule has 5 heteroatoms. The fourth-order valence-corrected chi connectivity index (χ4v) is 4.11. The first-order chi connectivity index (χ1) is 9.88.